The average molecular weight is 642 g/mol. The Labute approximate surface area is 280 Å². The summed E-state index contributed by atoms with van der Waals surface area (Å²) >= 11 is 0. The van der Waals surface area contributed by atoms with Crippen LogP contribution in [-0.2, 0) is 9.53 Å². The molecule has 0 heterocycles. The molecule has 0 saturated carbocycles. The topological polar surface area (TPSA) is 111 Å². The Bertz CT molecular complexity index is 1830. The van der Waals surface area contributed by atoms with Gasteiger partial charge >= 0.3 is 5.97 Å². The normalized spacial score (nSPS) is 10.9. The van der Waals surface area contributed by atoms with Crippen LogP contribution in [0, 0.1) is 28.5 Å². The fourth-order valence-corrected chi connectivity index (χ4v) is 4.30. The van der Waals surface area contributed by atoms with Gasteiger partial charge in [-0.25, -0.2) is 4.85 Å². The zero-order chi connectivity index (χ0) is 34.1. The summed E-state index contributed by atoms with van der Waals surface area (Å²) in [6.07, 6.45) is 4.82. The van der Waals surface area contributed by atoms with Gasteiger partial charge in [0.15, 0.2) is 0 Å². The van der Waals surface area contributed by atoms with Crippen LogP contribution < -0.4 is 9.64 Å². The van der Waals surface area contributed by atoms with Crippen molar-refractivity contribution in [2.45, 2.75) is 25.7 Å². The Morgan fingerprint density at radius 1 is 0.812 bits per heavy atom. The fourth-order valence-electron chi connectivity index (χ4n) is 4.30. The maximum Gasteiger partial charge on any atom is 0.336 e. The lowest BCUT2D eigenvalue weighted by molar-refractivity contribution is -0.384. The number of ether oxygens (including phenoxy) is 2. The minimum atomic E-state index is -0.630. The van der Waals surface area contributed by atoms with Crippen LogP contribution in [0.2, 0.25) is 0 Å². The minimum Gasteiger partial charge on any atom is -0.494 e. The van der Waals surface area contributed by atoms with Gasteiger partial charge in [-0.2, -0.15) is 10.2 Å². The first-order valence-electron chi connectivity index (χ1n) is 15.4. The Balaban J connectivity index is 1.11. The zero-order valence-electron chi connectivity index (χ0n) is 26.8. The van der Waals surface area contributed by atoms with Crippen LogP contribution in [0.4, 0.5) is 22.7 Å². The van der Waals surface area contributed by atoms with Crippen molar-refractivity contribution in [2.24, 2.45) is 10.2 Å². The number of nitro benzene ring substituents is 1. The molecule has 0 N–H and O–H groups in total. The first-order chi connectivity index (χ1) is 23.3. The number of benzene rings is 4. The van der Waals surface area contributed by atoms with Crippen LogP contribution in [0.1, 0.15) is 42.4 Å². The fraction of sp³-hybridized carbons (Fsp3) is 0.211. The highest BCUT2D eigenvalue weighted by Gasteiger charge is 2.11. The Hall–Kier alpha value is -6.26. The van der Waals surface area contributed by atoms with E-state index >= 15 is 0 Å². The van der Waals surface area contributed by atoms with Crippen molar-refractivity contribution in [3.63, 3.8) is 0 Å². The van der Waals surface area contributed by atoms with Gasteiger partial charge in [0.1, 0.15) is 5.75 Å². The van der Waals surface area contributed by atoms with Gasteiger partial charge in [-0.3, -0.25) is 14.9 Å². The molecule has 4 aromatic carbocycles. The molecule has 0 bridgehead atoms. The van der Waals surface area contributed by atoms with E-state index in [9.17, 15) is 14.9 Å². The number of rotatable bonds is 14. The number of carbonyl (C=O) groups excluding carboxylic acids is 1. The van der Waals surface area contributed by atoms with Gasteiger partial charge in [0, 0.05) is 43.0 Å². The molecule has 0 atom stereocenters. The number of esters is 1. The number of hydrogen-bond acceptors (Lipinski definition) is 8. The largest absolute Gasteiger partial charge is 0.494 e. The molecule has 10 heteroatoms. The van der Waals surface area contributed by atoms with Gasteiger partial charge < -0.3 is 14.4 Å². The van der Waals surface area contributed by atoms with E-state index < -0.39 is 10.9 Å². The summed E-state index contributed by atoms with van der Waals surface area (Å²) < 4.78 is 11.1. The number of carbonyl (C=O) groups is 1. The van der Waals surface area contributed by atoms with Crippen LogP contribution in [0.3, 0.4) is 0 Å². The van der Waals surface area contributed by atoms with Crippen LogP contribution in [0.15, 0.2) is 113 Å². The van der Waals surface area contributed by atoms with Crippen molar-refractivity contribution in [3.8, 4) is 17.6 Å². The third-order valence-electron chi connectivity index (χ3n) is 7.00. The van der Waals surface area contributed by atoms with Crippen molar-refractivity contribution in [2.75, 3.05) is 32.2 Å². The summed E-state index contributed by atoms with van der Waals surface area (Å²) in [6, 6.07) is 28.4. The standard InChI is InChI=1S/C38H35N5O5/c1-39-37(28-31-12-10-29(11-13-31)8-9-30-14-20-34(21-15-30)42(2)3)38(44)48-27-7-5-4-6-26-47-36-24-18-33(19-25-36)41-40-32-16-22-35(23-17-32)43(45)46/h10-25,28H,4-7,26-27H2,2-3H3. The highest BCUT2D eigenvalue weighted by Crippen LogP contribution is 2.23. The molecule has 4 rings (SSSR count). The van der Waals surface area contributed by atoms with Gasteiger partial charge in [0.05, 0.1) is 36.1 Å². The van der Waals surface area contributed by atoms with E-state index in [0.717, 1.165) is 41.6 Å². The van der Waals surface area contributed by atoms with E-state index in [1.54, 1.807) is 24.3 Å². The predicted octanol–water partition coefficient (Wildman–Crippen LogP) is 8.92. The zero-order valence-corrected chi connectivity index (χ0v) is 26.8. The molecule has 0 spiro atoms. The molecule has 0 fully saturated rings. The number of azo groups is 1. The molecule has 0 aromatic heterocycles. The van der Waals surface area contributed by atoms with Crippen molar-refractivity contribution >= 4 is 34.8 Å². The van der Waals surface area contributed by atoms with E-state index in [1.165, 1.54) is 30.3 Å². The second-order valence-electron chi connectivity index (χ2n) is 10.8. The molecule has 0 aliphatic rings. The van der Waals surface area contributed by atoms with E-state index in [2.05, 4.69) is 26.9 Å². The number of unbranched alkanes of at least 4 members (excludes halogenated alkanes) is 3. The van der Waals surface area contributed by atoms with E-state index in [0.29, 0.717) is 30.2 Å². The van der Waals surface area contributed by atoms with Gasteiger partial charge in [-0.1, -0.05) is 24.0 Å². The number of nitro groups is 1. The van der Waals surface area contributed by atoms with Crippen molar-refractivity contribution in [1.29, 1.82) is 0 Å². The van der Waals surface area contributed by atoms with Crippen molar-refractivity contribution < 1.29 is 19.2 Å². The minimum absolute atomic E-state index is 0.00128. The lowest BCUT2D eigenvalue weighted by atomic mass is 10.1. The van der Waals surface area contributed by atoms with Crippen LogP contribution in [0.25, 0.3) is 10.9 Å². The lowest BCUT2D eigenvalue weighted by Gasteiger charge is -2.11. The highest BCUT2D eigenvalue weighted by molar-refractivity contribution is 5.95. The smallest absolute Gasteiger partial charge is 0.336 e. The van der Waals surface area contributed by atoms with E-state index in [-0.39, 0.29) is 18.0 Å². The summed E-state index contributed by atoms with van der Waals surface area (Å²) in [5, 5.41) is 19.0. The summed E-state index contributed by atoms with van der Waals surface area (Å²) in [5.74, 6) is 6.37. The SMILES string of the molecule is [C-]#[N+]C(=Cc1ccc(C#Cc2ccc(N(C)C)cc2)cc1)C(=O)OCCCCCCOc1ccc(N=Nc2ccc([N+](=O)[O-])cc2)cc1. The first kappa shape index (κ1) is 34.6. The van der Waals surface area contributed by atoms with Gasteiger partial charge in [0.2, 0.25) is 0 Å². The molecule has 0 aliphatic carbocycles. The highest BCUT2D eigenvalue weighted by atomic mass is 16.6. The summed E-state index contributed by atoms with van der Waals surface area (Å²) in [5.41, 5.74) is 4.67. The molecule has 0 amide bonds. The maximum absolute atomic E-state index is 12.5. The molecule has 48 heavy (non-hydrogen) atoms. The molecule has 0 radical (unpaired) electrons. The van der Waals surface area contributed by atoms with Gasteiger partial charge in [-0.05, 0) is 110 Å². The third-order valence-corrected chi connectivity index (χ3v) is 7.00. The monoisotopic (exact) mass is 641 g/mol. The van der Waals surface area contributed by atoms with Crippen molar-refractivity contribution in [1.82, 2.24) is 0 Å². The van der Waals surface area contributed by atoms with Gasteiger partial charge in [-0.15, -0.1) is 0 Å². The molecule has 10 nitrogen and oxygen atoms in total. The number of anilines is 1. The van der Waals surface area contributed by atoms with Crippen LogP contribution in [0.5, 0.6) is 5.75 Å². The molecule has 0 unspecified atom stereocenters. The molecular formula is C38H35N5O5. The van der Waals surface area contributed by atoms with Crippen LogP contribution in [-0.4, -0.2) is 38.2 Å². The lowest BCUT2D eigenvalue weighted by Crippen LogP contribution is -2.07. The number of nitrogens with zero attached hydrogens (tertiary/aromatic N) is 5. The molecule has 0 saturated heterocycles. The molecule has 0 aliphatic heterocycles. The Morgan fingerprint density at radius 3 is 1.90 bits per heavy atom. The summed E-state index contributed by atoms with van der Waals surface area (Å²) in [7, 11) is 3.99. The predicted molar refractivity (Wildman–Crippen MR) is 186 cm³/mol. The summed E-state index contributed by atoms with van der Waals surface area (Å²) in [4.78, 5) is 28.1. The number of non-ortho nitro benzene ring substituents is 1. The Kier molecular flexibility index (Phi) is 13.0. The van der Waals surface area contributed by atoms with Crippen LogP contribution >= 0.6 is 0 Å². The average Bonchev–Trinajstić information content (AvgIpc) is 3.11. The summed E-state index contributed by atoms with van der Waals surface area (Å²) in [6.45, 7) is 8.21. The molecular weight excluding hydrogens is 606 g/mol. The van der Waals surface area contributed by atoms with E-state index in [1.807, 2.05) is 67.5 Å². The Morgan fingerprint density at radius 2 is 1.35 bits per heavy atom. The molecule has 242 valence electrons. The second kappa shape index (κ2) is 18.0. The third kappa shape index (κ3) is 11.3. The van der Waals surface area contributed by atoms with E-state index in [4.69, 9.17) is 16.0 Å². The first-order valence-corrected chi connectivity index (χ1v) is 15.4. The molecule has 4 aromatic rings. The second-order valence-corrected chi connectivity index (χ2v) is 10.8. The number of hydrogen-bond donors (Lipinski definition) is 0. The maximum atomic E-state index is 12.5. The van der Waals surface area contributed by atoms with Gasteiger partial charge in [0.25, 0.3) is 11.4 Å². The quantitative estimate of drug-likeness (QED) is 0.0199. The van der Waals surface area contributed by atoms with Crippen molar-refractivity contribution in [3.05, 3.63) is 141 Å².